The van der Waals surface area contributed by atoms with Crippen molar-refractivity contribution in [3.8, 4) is 0 Å². The first-order valence-corrected chi connectivity index (χ1v) is 4.09. The van der Waals surface area contributed by atoms with Gasteiger partial charge in [0.1, 0.15) is 0 Å². The van der Waals surface area contributed by atoms with E-state index >= 15 is 0 Å². The van der Waals surface area contributed by atoms with Crippen LogP contribution in [-0.2, 0) is 11.8 Å². The van der Waals surface area contributed by atoms with E-state index in [9.17, 15) is 17.3 Å². The van der Waals surface area contributed by atoms with Gasteiger partial charge in [-0.1, -0.05) is 0 Å². The average molecular weight is 229 g/mol. The monoisotopic (exact) mass is 229 g/mol. The van der Waals surface area contributed by atoms with E-state index in [1.807, 2.05) is 24.7 Å². The van der Waals surface area contributed by atoms with E-state index in [0.29, 0.717) is 0 Å². The highest BCUT2D eigenvalue weighted by Gasteiger charge is 2.20. The summed E-state index contributed by atoms with van der Waals surface area (Å²) in [4.78, 5) is 3.78. The lowest BCUT2D eigenvalue weighted by Crippen LogP contribution is -2.02. The van der Waals surface area contributed by atoms with Crippen LogP contribution in [-0.4, -0.2) is 30.5 Å². The van der Waals surface area contributed by atoms with Gasteiger partial charge in [-0.3, -0.25) is 0 Å². The van der Waals surface area contributed by atoms with Crippen LogP contribution in [0.4, 0.5) is 17.3 Å². The minimum absolute atomic E-state index is 0.819. The van der Waals surface area contributed by atoms with Crippen LogP contribution >= 0.6 is 0 Å². The first-order valence-electron chi connectivity index (χ1n) is 4.09. The maximum atomic E-state index is 9.75. The minimum Gasteiger partial charge on any atom is -0.418 e. The summed E-state index contributed by atoms with van der Waals surface area (Å²) in [5, 5.41) is 0. The van der Waals surface area contributed by atoms with Crippen LogP contribution in [0.3, 0.4) is 0 Å². The molecular weight excluding hydrogens is 215 g/mol. The fourth-order valence-electron chi connectivity index (χ4n) is 0.326. The zero-order chi connectivity index (χ0) is 12.3. The number of nitrogens with zero attached hydrogens (tertiary/aromatic N) is 2. The van der Waals surface area contributed by atoms with E-state index < -0.39 is 7.25 Å². The van der Waals surface area contributed by atoms with E-state index in [1.165, 1.54) is 0 Å². The quantitative estimate of drug-likeness (QED) is 0.546. The summed E-state index contributed by atoms with van der Waals surface area (Å²) in [5.41, 5.74) is 0. The number of halogens is 4. The fourth-order valence-corrected chi connectivity index (χ4v) is 0.326. The third-order valence-corrected chi connectivity index (χ3v) is 0.925. The van der Waals surface area contributed by atoms with Gasteiger partial charge in [0.05, 0.1) is 6.33 Å². The molecule has 8 heteroatoms. The molecule has 0 aliphatic rings. The summed E-state index contributed by atoms with van der Waals surface area (Å²) in [5.74, 6) is 0. The molecule has 1 rings (SSSR count). The van der Waals surface area contributed by atoms with Crippen LogP contribution in [0.1, 0.15) is 6.92 Å². The van der Waals surface area contributed by atoms with Crippen molar-refractivity contribution in [2.75, 3.05) is 13.7 Å². The summed E-state index contributed by atoms with van der Waals surface area (Å²) < 4.78 is 45.4. The number of methoxy groups -OCH3 is 1. The molecule has 3 nitrogen and oxygen atoms in total. The lowest BCUT2D eigenvalue weighted by Gasteiger charge is -1.94. The topological polar surface area (TPSA) is 27.1 Å². The molecule has 0 fully saturated rings. The zero-order valence-corrected chi connectivity index (χ0v) is 8.83. The van der Waals surface area contributed by atoms with Crippen molar-refractivity contribution in [2.24, 2.45) is 7.05 Å². The first-order chi connectivity index (χ1) is 6.81. The van der Waals surface area contributed by atoms with Crippen molar-refractivity contribution in [3.05, 3.63) is 18.7 Å². The highest BCUT2D eigenvalue weighted by molar-refractivity contribution is 6.50. The molecule has 0 radical (unpaired) electrons. The van der Waals surface area contributed by atoms with Crippen molar-refractivity contribution in [1.82, 2.24) is 9.55 Å². The van der Waals surface area contributed by atoms with Gasteiger partial charge in [0.25, 0.3) is 0 Å². The number of aryl methyl sites for hydroxylation is 1. The van der Waals surface area contributed by atoms with Gasteiger partial charge in [-0.25, -0.2) is 4.98 Å². The van der Waals surface area contributed by atoms with Crippen molar-refractivity contribution in [2.45, 2.75) is 6.92 Å². The Morgan fingerprint density at radius 2 is 1.73 bits per heavy atom. The Labute approximate surface area is 86.2 Å². The first kappa shape index (κ1) is 16.4. The van der Waals surface area contributed by atoms with Crippen LogP contribution in [0.2, 0.25) is 0 Å². The lowest BCUT2D eigenvalue weighted by molar-refractivity contribution is 0.215. The molecule has 0 atom stereocenters. The molecule has 0 spiro atoms. The van der Waals surface area contributed by atoms with Gasteiger partial charge in [0, 0.05) is 33.2 Å². The zero-order valence-electron chi connectivity index (χ0n) is 8.83. The summed E-state index contributed by atoms with van der Waals surface area (Å²) in [6, 6.07) is 0. The van der Waals surface area contributed by atoms with Gasteiger partial charge in [-0.2, -0.15) is 0 Å². The van der Waals surface area contributed by atoms with E-state index in [2.05, 4.69) is 9.72 Å². The van der Waals surface area contributed by atoms with Crippen molar-refractivity contribution in [3.63, 3.8) is 0 Å². The molecular formula is C7H14BF4N2O-. The van der Waals surface area contributed by atoms with Crippen LogP contribution in [0.25, 0.3) is 0 Å². The SMILES string of the molecule is CCOC.Cn1ccnc1.F[B-](F)(F)F. The van der Waals surface area contributed by atoms with Crippen LogP contribution in [0, 0.1) is 0 Å². The maximum Gasteiger partial charge on any atom is 0.673 e. The molecule has 0 unspecified atom stereocenters. The maximum absolute atomic E-state index is 9.75. The molecule has 1 aromatic heterocycles. The third-order valence-electron chi connectivity index (χ3n) is 0.925. The predicted molar refractivity (Wildman–Crippen MR) is 50.9 cm³/mol. The van der Waals surface area contributed by atoms with Crippen LogP contribution in [0.15, 0.2) is 18.7 Å². The Bertz CT molecular complexity index is 207. The summed E-state index contributed by atoms with van der Waals surface area (Å²) >= 11 is 0. The lowest BCUT2D eigenvalue weighted by atomic mass is 10.3. The number of aromatic nitrogens is 2. The Balaban J connectivity index is 0. The molecule has 1 heterocycles. The van der Waals surface area contributed by atoms with Crippen molar-refractivity contribution in [1.29, 1.82) is 0 Å². The summed E-state index contributed by atoms with van der Waals surface area (Å²) in [6.07, 6.45) is 5.39. The standard InChI is InChI=1S/C4H6N2.C3H8O.BF4/c1-6-3-2-5-4-6;1-3-4-2;2-1(3,4)5/h2-4H,1H3;3H2,1-2H3;/q;;-1. The fraction of sp³-hybridized carbons (Fsp3) is 0.571. The summed E-state index contributed by atoms with van der Waals surface area (Å²) in [7, 11) is -2.38. The van der Waals surface area contributed by atoms with Gasteiger partial charge in [-0.05, 0) is 6.92 Å². The second kappa shape index (κ2) is 9.51. The number of rotatable bonds is 1. The molecule has 0 aliphatic carbocycles. The van der Waals surface area contributed by atoms with E-state index in [1.54, 1.807) is 19.6 Å². The van der Waals surface area contributed by atoms with Gasteiger partial charge >= 0.3 is 7.25 Å². The molecule has 0 aliphatic heterocycles. The highest BCUT2D eigenvalue weighted by atomic mass is 19.5. The molecule has 90 valence electrons. The molecule has 0 saturated carbocycles. The second-order valence-electron chi connectivity index (χ2n) is 2.30. The Kier molecular flexibility index (Phi) is 10.4. The van der Waals surface area contributed by atoms with Gasteiger partial charge in [-0.15, -0.1) is 0 Å². The predicted octanol–water partition coefficient (Wildman–Crippen LogP) is 2.37. The smallest absolute Gasteiger partial charge is 0.418 e. The van der Waals surface area contributed by atoms with E-state index in [4.69, 9.17) is 0 Å². The average Bonchev–Trinajstić information content (AvgIpc) is 2.53. The van der Waals surface area contributed by atoms with E-state index in [-0.39, 0.29) is 0 Å². The van der Waals surface area contributed by atoms with Crippen LogP contribution in [0.5, 0.6) is 0 Å². The Morgan fingerprint density at radius 3 is 1.80 bits per heavy atom. The normalized spacial score (nSPS) is 9.53. The molecule has 0 N–H and O–H groups in total. The molecule has 1 aromatic rings. The highest BCUT2D eigenvalue weighted by Crippen LogP contribution is 2.06. The molecule has 15 heavy (non-hydrogen) atoms. The Morgan fingerprint density at radius 1 is 1.33 bits per heavy atom. The second-order valence-corrected chi connectivity index (χ2v) is 2.30. The van der Waals surface area contributed by atoms with Gasteiger partial charge in [0.2, 0.25) is 0 Å². The molecule has 0 amide bonds. The minimum atomic E-state index is -6.00. The van der Waals surface area contributed by atoms with Crippen LogP contribution < -0.4 is 0 Å². The summed E-state index contributed by atoms with van der Waals surface area (Å²) in [6.45, 7) is 2.78. The molecule has 0 aromatic carbocycles. The van der Waals surface area contributed by atoms with Crippen molar-refractivity contribution < 1.29 is 22.0 Å². The van der Waals surface area contributed by atoms with Gasteiger partial charge < -0.3 is 26.6 Å². The van der Waals surface area contributed by atoms with Gasteiger partial charge in [0.15, 0.2) is 0 Å². The number of hydrogen-bond acceptors (Lipinski definition) is 2. The Hall–Kier alpha value is -1.05. The molecule has 0 saturated heterocycles. The third kappa shape index (κ3) is 32.1. The number of imidazole rings is 1. The largest absolute Gasteiger partial charge is 0.673 e. The number of ether oxygens (including phenoxy) is 1. The molecule has 0 bridgehead atoms. The van der Waals surface area contributed by atoms with Crippen molar-refractivity contribution >= 4 is 7.25 Å². The number of hydrogen-bond donors (Lipinski definition) is 0. The van der Waals surface area contributed by atoms with E-state index in [0.717, 1.165) is 6.61 Å².